The number of hydrogen-bond donors (Lipinski definition) is 1. The lowest BCUT2D eigenvalue weighted by Gasteiger charge is -2.19. The molecule has 2 unspecified atom stereocenters. The van der Waals surface area contributed by atoms with Crippen LogP contribution in [0.4, 0.5) is 5.13 Å². The number of carbonyl (C=O) groups excluding carboxylic acids is 3. The van der Waals surface area contributed by atoms with Gasteiger partial charge in [-0.15, -0.1) is 10.2 Å². The van der Waals surface area contributed by atoms with Crippen molar-refractivity contribution in [2.75, 3.05) is 11.9 Å². The lowest BCUT2D eigenvalue weighted by atomic mass is 9.81. The highest BCUT2D eigenvalue weighted by Crippen LogP contribution is 2.38. The largest absolute Gasteiger partial charge is 0.462 e. The molecule has 8 nitrogen and oxygen atoms in total. The smallest absolute Gasteiger partial charge is 0.233 e. The molecular weight excluding hydrogens is 356 g/mol. The molecule has 1 aliphatic carbocycles. The van der Waals surface area contributed by atoms with Crippen LogP contribution in [-0.2, 0) is 14.4 Å². The van der Waals surface area contributed by atoms with Crippen LogP contribution in [0.15, 0.2) is 22.8 Å². The van der Waals surface area contributed by atoms with Crippen molar-refractivity contribution < 1.29 is 18.8 Å². The molecule has 1 saturated carbocycles. The van der Waals surface area contributed by atoms with Crippen molar-refractivity contribution in [3.8, 4) is 10.8 Å². The molecule has 2 aromatic rings. The van der Waals surface area contributed by atoms with Crippen molar-refractivity contribution in [3.05, 3.63) is 18.4 Å². The summed E-state index contributed by atoms with van der Waals surface area (Å²) in [5.41, 5.74) is 0. The van der Waals surface area contributed by atoms with E-state index in [0.717, 1.165) is 25.7 Å². The molecule has 3 amide bonds. The van der Waals surface area contributed by atoms with Gasteiger partial charge >= 0.3 is 0 Å². The van der Waals surface area contributed by atoms with Crippen molar-refractivity contribution in [2.45, 2.75) is 32.1 Å². The third kappa shape index (κ3) is 3.14. The molecule has 26 heavy (non-hydrogen) atoms. The first kappa shape index (κ1) is 16.9. The molecule has 0 aromatic carbocycles. The highest BCUT2D eigenvalue weighted by atomic mass is 32.1. The fourth-order valence-corrected chi connectivity index (χ4v) is 4.35. The molecule has 0 radical (unpaired) electrons. The van der Waals surface area contributed by atoms with Crippen LogP contribution in [-0.4, -0.2) is 39.4 Å². The molecule has 4 rings (SSSR count). The molecule has 2 aromatic heterocycles. The van der Waals surface area contributed by atoms with E-state index < -0.39 is 0 Å². The lowest BCUT2D eigenvalue weighted by Crippen LogP contribution is -2.34. The Labute approximate surface area is 153 Å². The normalized spacial score (nSPS) is 22.5. The van der Waals surface area contributed by atoms with Gasteiger partial charge < -0.3 is 9.73 Å². The number of fused-ring (bicyclic) bond motifs is 1. The minimum atomic E-state index is -0.303. The molecule has 3 heterocycles. The second-order valence-electron chi connectivity index (χ2n) is 6.51. The van der Waals surface area contributed by atoms with Crippen LogP contribution in [0.3, 0.4) is 0 Å². The van der Waals surface area contributed by atoms with Gasteiger partial charge in [0.05, 0.1) is 18.1 Å². The van der Waals surface area contributed by atoms with Gasteiger partial charge in [-0.05, 0) is 25.0 Å². The SMILES string of the molecule is O=C(CCN1C(=O)C2CCCCC2C1=O)Nc1nnc(-c2ccco2)s1. The summed E-state index contributed by atoms with van der Waals surface area (Å²) in [4.78, 5) is 38.2. The van der Waals surface area contributed by atoms with E-state index in [4.69, 9.17) is 4.42 Å². The summed E-state index contributed by atoms with van der Waals surface area (Å²) in [5.74, 6) is -0.329. The van der Waals surface area contributed by atoms with E-state index in [1.165, 1.54) is 22.5 Å². The molecule has 2 atom stereocenters. The number of furan rings is 1. The van der Waals surface area contributed by atoms with Crippen LogP contribution in [0.1, 0.15) is 32.1 Å². The number of nitrogens with zero attached hydrogens (tertiary/aromatic N) is 3. The van der Waals surface area contributed by atoms with Gasteiger partial charge in [-0.3, -0.25) is 19.3 Å². The van der Waals surface area contributed by atoms with Crippen molar-refractivity contribution in [1.29, 1.82) is 0 Å². The molecule has 0 bridgehead atoms. The van der Waals surface area contributed by atoms with Crippen LogP contribution < -0.4 is 5.32 Å². The van der Waals surface area contributed by atoms with Gasteiger partial charge in [0.25, 0.3) is 0 Å². The maximum absolute atomic E-state index is 12.4. The van der Waals surface area contributed by atoms with Crippen molar-refractivity contribution in [2.24, 2.45) is 11.8 Å². The Morgan fingerprint density at radius 2 is 1.96 bits per heavy atom. The first-order valence-electron chi connectivity index (χ1n) is 8.66. The number of anilines is 1. The molecule has 2 fully saturated rings. The first-order valence-corrected chi connectivity index (χ1v) is 9.47. The summed E-state index contributed by atoms with van der Waals surface area (Å²) in [6.45, 7) is 0.111. The van der Waals surface area contributed by atoms with E-state index >= 15 is 0 Å². The van der Waals surface area contributed by atoms with Gasteiger partial charge in [-0.1, -0.05) is 24.2 Å². The summed E-state index contributed by atoms with van der Waals surface area (Å²) >= 11 is 1.20. The van der Waals surface area contributed by atoms with Gasteiger partial charge in [-0.25, -0.2) is 0 Å². The van der Waals surface area contributed by atoms with E-state index in [1.54, 1.807) is 12.1 Å². The van der Waals surface area contributed by atoms with Crippen LogP contribution in [0.25, 0.3) is 10.8 Å². The highest BCUT2D eigenvalue weighted by molar-refractivity contribution is 7.18. The Morgan fingerprint density at radius 1 is 1.23 bits per heavy atom. The van der Waals surface area contributed by atoms with E-state index in [2.05, 4.69) is 15.5 Å². The summed E-state index contributed by atoms with van der Waals surface area (Å²) in [5, 5.41) is 11.5. The second kappa shape index (κ2) is 6.99. The van der Waals surface area contributed by atoms with E-state index in [9.17, 15) is 14.4 Å². The summed E-state index contributed by atoms with van der Waals surface area (Å²) in [7, 11) is 0. The van der Waals surface area contributed by atoms with Crippen molar-refractivity contribution in [1.82, 2.24) is 15.1 Å². The minimum Gasteiger partial charge on any atom is -0.462 e. The molecule has 1 aliphatic heterocycles. The Morgan fingerprint density at radius 3 is 2.62 bits per heavy atom. The van der Waals surface area contributed by atoms with Gasteiger partial charge in [0.1, 0.15) is 0 Å². The molecule has 9 heteroatoms. The number of likely N-dealkylation sites (tertiary alicyclic amines) is 1. The molecule has 1 saturated heterocycles. The standard InChI is InChI=1S/C17H18N4O4S/c22-13(18-17-20-19-14(26-17)12-6-3-9-25-12)7-8-21-15(23)10-4-1-2-5-11(10)16(21)24/h3,6,9-11H,1-2,4-5,7-8H2,(H,18,20,22). The quantitative estimate of drug-likeness (QED) is 0.805. The molecule has 0 spiro atoms. The van der Waals surface area contributed by atoms with Gasteiger partial charge in [-0.2, -0.15) is 0 Å². The third-order valence-electron chi connectivity index (χ3n) is 4.90. The molecular formula is C17H18N4O4S. The topological polar surface area (TPSA) is 105 Å². The summed E-state index contributed by atoms with van der Waals surface area (Å²) in [6, 6.07) is 3.51. The zero-order valence-electron chi connectivity index (χ0n) is 14.0. The zero-order chi connectivity index (χ0) is 18.1. The lowest BCUT2D eigenvalue weighted by molar-refractivity contribution is -0.140. The van der Waals surface area contributed by atoms with Gasteiger partial charge in [0.2, 0.25) is 22.9 Å². The van der Waals surface area contributed by atoms with Crippen molar-refractivity contribution >= 4 is 34.2 Å². The van der Waals surface area contributed by atoms with E-state index in [-0.39, 0.29) is 42.5 Å². The Balaban J connectivity index is 1.33. The maximum Gasteiger partial charge on any atom is 0.233 e. The van der Waals surface area contributed by atoms with Crippen molar-refractivity contribution in [3.63, 3.8) is 0 Å². The molecule has 1 N–H and O–H groups in total. The van der Waals surface area contributed by atoms with E-state index in [0.29, 0.717) is 15.9 Å². The summed E-state index contributed by atoms with van der Waals surface area (Å²) < 4.78 is 5.24. The van der Waals surface area contributed by atoms with E-state index in [1.807, 2.05) is 0 Å². The first-order chi connectivity index (χ1) is 12.6. The Kier molecular flexibility index (Phi) is 4.54. The zero-order valence-corrected chi connectivity index (χ0v) is 14.8. The van der Waals surface area contributed by atoms with Gasteiger partial charge in [0, 0.05) is 13.0 Å². The number of nitrogens with one attached hydrogen (secondary N) is 1. The fraction of sp³-hybridized carbons (Fsp3) is 0.471. The number of carbonyl (C=O) groups is 3. The average molecular weight is 374 g/mol. The maximum atomic E-state index is 12.4. The second-order valence-corrected chi connectivity index (χ2v) is 7.49. The average Bonchev–Trinajstić information content (AvgIpc) is 3.36. The molecule has 2 aliphatic rings. The highest BCUT2D eigenvalue weighted by Gasteiger charge is 2.47. The Hall–Kier alpha value is -2.55. The number of hydrogen-bond acceptors (Lipinski definition) is 7. The number of rotatable bonds is 5. The summed E-state index contributed by atoms with van der Waals surface area (Å²) in [6.07, 6.45) is 5.12. The fourth-order valence-electron chi connectivity index (χ4n) is 3.62. The monoisotopic (exact) mass is 374 g/mol. The van der Waals surface area contributed by atoms with Crippen LogP contribution >= 0.6 is 11.3 Å². The minimum absolute atomic E-state index is 0.0482. The third-order valence-corrected chi connectivity index (χ3v) is 5.75. The predicted molar refractivity (Wildman–Crippen MR) is 93.0 cm³/mol. The number of imide groups is 1. The van der Waals surface area contributed by atoms with Crippen LogP contribution in [0.5, 0.6) is 0 Å². The number of amides is 3. The number of aromatic nitrogens is 2. The van der Waals surface area contributed by atoms with Gasteiger partial charge in [0.15, 0.2) is 10.8 Å². The molecule has 136 valence electrons. The Bertz CT molecular complexity index is 808. The van der Waals surface area contributed by atoms with Crippen LogP contribution in [0, 0.1) is 11.8 Å². The van der Waals surface area contributed by atoms with Crippen LogP contribution in [0.2, 0.25) is 0 Å². The predicted octanol–water partition coefficient (Wildman–Crippen LogP) is 2.30.